The van der Waals surface area contributed by atoms with Gasteiger partial charge in [0.25, 0.3) is 0 Å². The topological polar surface area (TPSA) is 49.4 Å². The molecule has 26 heavy (non-hydrogen) atoms. The molecule has 4 nitrogen and oxygen atoms in total. The van der Waals surface area contributed by atoms with Crippen LogP contribution in [0.25, 0.3) is 6.08 Å². The van der Waals surface area contributed by atoms with Gasteiger partial charge in [-0.15, -0.1) is 0 Å². The minimum absolute atomic E-state index is 0.0192. The summed E-state index contributed by atoms with van der Waals surface area (Å²) in [6.45, 7) is 4.52. The van der Waals surface area contributed by atoms with E-state index in [1.165, 1.54) is 23.1 Å². The lowest BCUT2D eigenvalue weighted by molar-refractivity contribution is -0.132. The van der Waals surface area contributed by atoms with Gasteiger partial charge in [-0.1, -0.05) is 42.0 Å². The first-order chi connectivity index (χ1) is 12.5. The number of likely N-dealkylation sites (N-methyl/N-ethyl adjacent to an activating group) is 1. The molecule has 2 amide bonds. The highest BCUT2D eigenvalue weighted by atomic mass is 19.1. The van der Waals surface area contributed by atoms with Gasteiger partial charge in [0.15, 0.2) is 0 Å². The first-order valence-electron chi connectivity index (χ1n) is 8.52. The fraction of sp³-hybridized carbons (Fsp3) is 0.238. The molecule has 0 aliphatic rings. The maximum atomic E-state index is 12.9. The molecule has 0 fully saturated rings. The molecule has 5 heteroatoms. The number of nitrogens with one attached hydrogen (secondary N) is 1. The molecule has 0 heterocycles. The van der Waals surface area contributed by atoms with E-state index in [0.717, 1.165) is 16.7 Å². The third-order valence-electron chi connectivity index (χ3n) is 3.89. The van der Waals surface area contributed by atoms with E-state index in [-0.39, 0.29) is 24.2 Å². The van der Waals surface area contributed by atoms with Gasteiger partial charge in [0, 0.05) is 19.2 Å². The van der Waals surface area contributed by atoms with E-state index in [1.54, 1.807) is 18.2 Å². The highest BCUT2D eigenvalue weighted by Gasteiger charge is 2.13. The second kappa shape index (κ2) is 9.51. The number of rotatable bonds is 7. The smallest absolute Gasteiger partial charge is 0.247 e. The fourth-order valence-corrected chi connectivity index (χ4v) is 2.42. The highest BCUT2D eigenvalue weighted by molar-refractivity contribution is 5.94. The predicted molar refractivity (Wildman–Crippen MR) is 101 cm³/mol. The van der Waals surface area contributed by atoms with Crippen molar-refractivity contribution in [3.8, 4) is 0 Å². The number of benzene rings is 2. The van der Waals surface area contributed by atoms with Crippen LogP contribution in [0.3, 0.4) is 0 Å². The van der Waals surface area contributed by atoms with Crippen LogP contribution in [0.4, 0.5) is 4.39 Å². The van der Waals surface area contributed by atoms with Crippen molar-refractivity contribution in [1.29, 1.82) is 0 Å². The molecule has 2 aromatic rings. The second-order valence-electron chi connectivity index (χ2n) is 6.00. The lowest BCUT2D eigenvalue weighted by Crippen LogP contribution is -2.39. The van der Waals surface area contributed by atoms with Crippen LogP contribution >= 0.6 is 0 Å². The van der Waals surface area contributed by atoms with E-state index in [9.17, 15) is 14.0 Å². The second-order valence-corrected chi connectivity index (χ2v) is 6.00. The average molecular weight is 354 g/mol. The standard InChI is InChI=1S/C21H23FN2O2/c1-3-24(21(26)12-9-17-6-4-5-16(2)13-17)15-20(25)23-14-18-7-10-19(22)11-8-18/h4-13H,3,14-15H2,1-2H3,(H,23,25). The van der Waals surface area contributed by atoms with Crippen molar-refractivity contribution in [2.45, 2.75) is 20.4 Å². The summed E-state index contributed by atoms with van der Waals surface area (Å²) < 4.78 is 12.9. The van der Waals surface area contributed by atoms with E-state index in [0.29, 0.717) is 13.1 Å². The maximum absolute atomic E-state index is 12.9. The Morgan fingerprint density at radius 1 is 1.15 bits per heavy atom. The molecule has 0 saturated heterocycles. The van der Waals surface area contributed by atoms with Crippen molar-refractivity contribution in [3.63, 3.8) is 0 Å². The van der Waals surface area contributed by atoms with Gasteiger partial charge < -0.3 is 10.2 Å². The number of aryl methyl sites for hydroxylation is 1. The molecule has 2 aromatic carbocycles. The number of amides is 2. The monoisotopic (exact) mass is 354 g/mol. The zero-order valence-corrected chi connectivity index (χ0v) is 15.0. The van der Waals surface area contributed by atoms with Gasteiger partial charge in [0.05, 0.1) is 6.54 Å². The van der Waals surface area contributed by atoms with E-state index in [2.05, 4.69) is 5.32 Å². The van der Waals surface area contributed by atoms with Gasteiger partial charge >= 0.3 is 0 Å². The van der Waals surface area contributed by atoms with Gasteiger partial charge in [-0.3, -0.25) is 9.59 Å². The first kappa shape index (κ1) is 19.4. The first-order valence-corrected chi connectivity index (χ1v) is 8.52. The third-order valence-corrected chi connectivity index (χ3v) is 3.89. The average Bonchev–Trinajstić information content (AvgIpc) is 2.63. The Labute approximate surface area is 153 Å². The summed E-state index contributed by atoms with van der Waals surface area (Å²) in [4.78, 5) is 25.8. The lowest BCUT2D eigenvalue weighted by atomic mass is 10.1. The molecule has 0 atom stereocenters. The summed E-state index contributed by atoms with van der Waals surface area (Å²) in [7, 11) is 0. The molecule has 1 N–H and O–H groups in total. The van der Waals surface area contributed by atoms with Gasteiger partial charge in [-0.05, 0) is 43.2 Å². The Hall–Kier alpha value is -2.95. The molecular formula is C21H23FN2O2. The van der Waals surface area contributed by atoms with Crippen LogP contribution in [0.5, 0.6) is 0 Å². The van der Waals surface area contributed by atoms with Crippen LogP contribution < -0.4 is 5.32 Å². The van der Waals surface area contributed by atoms with E-state index < -0.39 is 0 Å². The van der Waals surface area contributed by atoms with Gasteiger partial charge in [0.2, 0.25) is 11.8 Å². The molecule has 0 bridgehead atoms. The SMILES string of the molecule is CCN(CC(=O)NCc1ccc(F)cc1)C(=O)C=Cc1cccc(C)c1. The summed E-state index contributed by atoms with van der Waals surface area (Å²) in [6.07, 6.45) is 3.22. The zero-order valence-electron chi connectivity index (χ0n) is 15.0. The Balaban J connectivity index is 1.87. The molecule has 136 valence electrons. The van der Waals surface area contributed by atoms with Crippen molar-refractivity contribution in [3.05, 3.63) is 77.1 Å². The van der Waals surface area contributed by atoms with Crippen LogP contribution in [0.15, 0.2) is 54.6 Å². The third kappa shape index (κ3) is 6.16. The summed E-state index contributed by atoms with van der Waals surface area (Å²) in [5.74, 6) is -0.789. The summed E-state index contributed by atoms with van der Waals surface area (Å²) in [5.41, 5.74) is 2.86. The molecule has 0 saturated carbocycles. The summed E-state index contributed by atoms with van der Waals surface area (Å²) >= 11 is 0. The van der Waals surface area contributed by atoms with Crippen LogP contribution in [-0.4, -0.2) is 29.8 Å². The van der Waals surface area contributed by atoms with Crippen molar-refractivity contribution in [2.75, 3.05) is 13.1 Å². The normalized spacial score (nSPS) is 10.7. The number of halogens is 1. The Bertz CT molecular complexity index is 785. The zero-order chi connectivity index (χ0) is 18.9. The van der Waals surface area contributed by atoms with E-state index in [1.807, 2.05) is 38.1 Å². The molecular weight excluding hydrogens is 331 g/mol. The molecule has 0 aliphatic heterocycles. The van der Waals surface area contributed by atoms with Crippen LogP contribution in [0.2, 0.25) is 0 Å². The minimum Gasteiger partial charge on any atom is -0.350 e. The van der Waals surface area contributed by atoms with E-state index >= 15 is 0 Å². The van der Waals surface area contributed by atoms with Crippen molar-refractivity contribution < 1.29 is 14.0 Å². The van der Waals surface area contributed by atoms with E-state index in [4.69, 9.17) is 0 Å². The summed E-state index contributed by atoms with van der Waals surface area (Å²) in [6, 6.07) is 13.7. The van der Waals surface area contributed by atoms with Crippen LogP contribution in [0.1, 0.15) is 23.6 Å². The quantitative estimate of drug-likeness (QED) is 0.776. The Kier molecular flexibility index (Phi) is 7.09. The molecule has 0 aromatic heterocycles. The number of hydrogen-bond donors (Lipinski definition) is 1. The number of carbonyl (C=O) groups is 2. The predicted octanol–water partition coefficient (Wildman–Crippen LogP) is 3.31. The Morgan fingerprint density at radius 2 is 1.88 bits per heavy atom. The lowest BCUT2D eigenvalue weighted by Gasteiger charge is -2.18. The van der Waals surface area contributed by atoms with Crippen LogP contribution in [0, 0.1) is 12.7 Å². The Morgan fingerprint density at radius 3 is 2.54 bits per heavy atom. The van der Waals surface area contributed by atoms with Gasteiger partial charge in [-0.2, -0.15) is 0 Å². The molecule has 0 radical (unpaired) electrons. The maximum Gasteiger partial charge on any atom is 0.247 e. The minimum atomic E-state index is -0.316. The number of hydrogen-bond acceptors (Lipinski definition) is 2. The molecule has 0 unspecified atom stereocenters. The van der Waals surface area contributed by atoms with Gasteiger partial charge in [-0.25, -0.2) is 4.39 Å². The molecule has 0 aliphatic carbocycles. The van der Waals surface area contributed by atoms with Crippen molar-refractivity contribution in [1.82, 2.24) is 10.2 Å². The number of nitrogens with zero attached hydrogens (tertiary/aromatic N) is 1. The summed E-state index contributed by atoms with van der Waals surface area (Å²) in [5, 5.41) is 2.74. The molecule has 0 spiro atoms. The van der Waals surface area contributed by atoms with Crippen molar-refractivity contribution >= 4 is 17.9 Å². The largest absolute Gasteiger partial charge is 0.350 e. The molecule has 2 rings (SSSR count). The highest BCUT2D eigenvalue weighted by Crippen LogP contribution is 2.06. The van der Waals surface area contributed by atoms with Crippen molar-refractivity contribution in [2.24, 2.45) is 0 Å². The van der Waals surface area contributed by atoms with Crippen LogP contribution in [-0.2, 0) is 16.1 Å². The van der Waals surface area contributed by atoms with Gasteiger partial charge in [0.1, 0.15) is 5.82 Å². The fourth-order valence-electron chi connectivity index (χ4n) is 2.42. The number of carbonyl (C=O) groups excluding carboxylic acids is 2.